The molecule has 1 aliphatic rings. The fourth-order valence-electron chi connectivity index (χ4n) is 1.89. The topological polar surface area (TPSA) is 59.0 Å². The van der Waals surface area contributed by atoms with Gasteiger partial charge in [0.1, 0.15) is 12.1 Å². The molecule has 0 atom stereocenters. The first-order valence-electron chi connectivity index (χ1n) is 6.60. The van der Waals surface area contributed by atoms with Crippen LogP contribution in [0.25, 0.3) is 0 Å². The number of carbonyl (C=O) groups excluding carboxylic acids is 2. The minimum Gasteiger partial charge on any atom is -0.459 e. The normalized spacial score (nSPS) is 15.1. The molecule has 1 aromatic rings. The molecule has 1 aliphatic heterocycles. The lowest BCUT2D eigenvalue weighted by Gasteiger charge is -2.20. The Balaban J connectivity index is 2.06. The van der Waals surface area contributed by atoms with Gasteiger partial charge in [0, 0.05) is 5.02 Å². The van der Waals surface area contributed by atoms with Crippen LogP contribution in [0.5, 0.6) is 0 Å². The number of esters is 1. The standard InChI is InChI=1S/C15H17ClN2O3/c1-15(2,3)21-14(20)9-18-13(19)8-12(17-18)10-4-6-11(16)7-5-10/h4-7H,8-9H2,1-3H3. The molecular formula is C15H17ClN2O3. The first-order chi connectivity index (χ1) is 9.74. The van der Waals surface area contributed by atoms with Gasteiger partial charge in [0.25, 0.3) is 0 Å². The predicted molar refractivity (Wildman–Crippen MR) is 80.2 cm³/mol. The van der Waals surface area contributed by atoms with Gasteiger partial charge in [-0.05, 0) is 38.5 Å². The average molecular weight is 309 g/mol. The van der Waals surface area contributed by atoms with E-state index in [1.54, 1.807) is 45.0 Å². The van der Waals surface area contributed by atoms with Crippen LogP contribution >= 0.6 is 11.6 Å². The van der Waals surface area contributed by atoms with Gasteiger partial charge in [0.15, 0.2) is 0 Å². The van der Waals surface area contributed by atoms with E-state index in [4.69, 9.17) is 16.3 Å². The van der Waals surface area contributed by atoms with Gasteiger partial charge in [-0.2, -0.15) is 5.10 Å². The SMILES string of the molecule is CC(C)(C)OC(=O)CN1N=C(c2ccc(Cl)cc2)CC1=O. The monoisotopic (exact) mass is 308 g/mol. The Bertz CT molecular complexity index is 588. The Hall–Kier alpha value is -1.88. The largest absolute Gasteiger partial charge is 0.459 e. The average Bonchev–Trinajstić information content (AvgIpc) is 2.69. The van der Waals surface area contributed by atoms with Crippen molar-refractivity contribution in [1.82, 2.24) is 5.01 Å². The first kappa shape index (κ1) is 15.5. The van der Waals surface area contributed by atoms with Crippen molar-refractivity contribution in [3.05, 3.63) is 34.9 Å². The number of benzene rings is 1. The number of amides is 1. The fraction of sp³-hybridized carbons (Fsp3) is 0.400. The highest BCUT2D eigenvalue weighted by atomic mass is 35.5. The van der Waals surface area contributed by atoms with Crippen LogP contribution in [0, 0.1) is 0 Å². The van der Waals surface area contributed by atoms with Gasteiger partial charge in [0.2, 0.25) is 5.91 Å². The number of ether oxygens (including phenoxy) is 1. The van der Waals surface area contributed by atoms with Crippen LogP contribution in [0.2, 0.25) is 5.02 Å². The quantitative estimate of drug-likeness (QED) is 0.807. The number of hydrogen-bond acceptors (Lipinski definition) is 4. The van der Waals surface area contributed by atoms with Crippen molar-refractivity contribution in [2.24, 2.45) is 5.10 Å². The molecule has 112 valence electrons. The van der Waals surface area contributed by atoms with Crippen molar-refractivity contribution in [2.45, 2.75) is 32.8 Å². The minimum absolute atomic E-state index is 0.171. The minimum atomic E-state index is -0.581. The van der Waals surface area contributed by atoms with Crippen LogP contribution in [-0.2, 0) is 14.3 Å². The highest BCUT2D eigenvalue weighted by Crippen LogP contribution is 2.18. The van der Waals surface area contributed by atoms with Gasteiger partial charge in [-0.25, -0.2) is 5.01 Å². The number of nitrogens with zero attached hydrogens (tertiary/aromatic N) is 2. The lowest BCUT2D eigenvalue weighted by Crippen LogP contribution is -2.33. The number of hydrazone groups is 1. The van der Waals surface area contributed by atoms with E-state index in [2.05, 4.69) is 5.10 Å². The highest BCUT2D eigenvalue weighted by molar-refractivity contribution is 6.30. The second kappa shape index (κ2) is 5.85. The molecule has 5 nitrogen and oxygen atoms in total. The van der Waals surface area contributed by atoms with E-state index in [9.17, 15) is 9.59 Å². The Kier molecular flexibility index (Phi) is 4.32. The van der Waals surface area contributed by atoms with Gasteiger partial charge in [-0.1, -0.05) is 23.7 Å². The van der Waals surface area contributed by atoms with Crippen LogP contribution < -0.4 is 0 Å². The number of carbonyl (C=O) groups is 2. The molecule has 2 rings (SSSR count). The Labute approximate surface area is 128 Å². The van der Waals surface area contributed by atoms with Crippen molar-refractivity contribution in [3.63, 3.8) is 0 Å². The maximum atomic E-state index is 11.9. The molecule has 21 heavy (non-hydrogen) atoms. The first-order valence-corrected chi connectivity index (χ1v) is 6.98. The van der Waals surface area contributed by atoms with Gasteiger partial charge >= 0.3 is 5.97 Å². The molecule has 0 unspecified atom stereocenters. The van der Waals surface area contributed by atoms with Crippen molar-refractivity contribution in [1.29, 1.82) is 0 Å². The molecule has 0 bridgehead atoms. The number of rotatable bonds is 3. The number of hydrogen-bond donors (Lipinski definition) is 0. The fourth-order valence-corrected chi connectivity index (χ4v) is 2.02. The third-order valence-corrected chi connectivity index (χ3v) is 2.98. The Morgan fingerprint density at radius 3 is 2.52 bits per heavy atom. The van der Waals surface area contributed by atoms with E-state index in [-0.39, 0.29) is 18.9 Å². The van der Waals surface area contributed by atoms with Gasteiger partial charge in [-0.3, -0.25) is 9.59 Å². The zero-order valence-electron chi connectivity index (χ0n) is 12.2. The molecule has 0 saturated heterocycles. The predicted octanol–water partition coefficient (Wildman–Crippen LogP) is 2.62. The Morgan fingerprint density at radius 2 is 1.95 bits per heavy atom. The molecular weight excluding hydrogens is 292 g/mol. The van der Waals surface area contributed by atoms with Crippen LogP contribution in [0.4, 0.5) is 0 Å². The molecule has 0 N–H and O–H groups in total. The zero-order chi connectivity index (χ0) is 15.6. The molecule has 1 aromatic carbocycles. The molecule has 0 aromatic heterocycles. The lowest BCUT2D eigenvalue weighted by atomic mass is 10.1. The maximum absolute atomic E-state index is 11.9. The third-order valence-electron chi connectivity index (χ3n) is 2.72. The van der Waals surface area contributed by atoms with Crippen LogP contribution in [0.15, 0.2) is 29.4 Å². The third kappa shape index (κ3) is 4.29. The van der Waals surface area contributed by atoms with Crippen LogP contribution in [0.1, 0.15) is 32.8 Å². The second-order valence-electron chi connectivity index (χ2n) is 5.77. The zero-order valence-corrected chi connectivity index (χ0v) is 13.0. The molecule has 1 heterocycles. The summed E-state index contributed by atoms with van der Waals surface area (Å²) in [6, 6.07) is 7.07. The highest BCUT2D eigenvalue weighted by Gasteiger charge is 2.28. The summed E-state index contributed by atoms with van der Waals surface area (Å²) in [5, 5.41) is 5.97. The summed E-state index contributed by atoms with van der Waals surface area (Å²) in [7, 11) is 0. The van der Waals surface area contributed by atoms with Crippen molar-refractivity contribution >= 4 is 29.2 Å². The number of halogens is 1. The molecule has 0 radical (unpaired) electrons. The smallest absolute Gasteiger partial charge is 0.328 e. The molecule has 0 fully saturated rings. The summed E-state index contributed by atoms with van der Waals surface area (Å²) >= 11 is 5.83. The Morgan fingerprint density at radius 1 is 1.33 bits per heavy atom. The molecule has 0 saturated carbocycles. The summed E-state index contributed by atoms with van der Waals surface area (Å²) in [6.07, 6.45) is 0.171. The summed E-state index contributed by atoms with van der Waals surface area (Å²) < 4.78 is 5.19. The van der Waals surface area contributed by atoms with Crippen molar-refractivity contribution in [2.75, 3.05) is 6.54 Å². The van der Waals surface area contributed by atoms with E-state index < -0.39 is 11.6 Å². The van der Waals surface area contributed by atoms with E-state index in [0.717, 1.165) is 10.6 Å². The van der Waals surface area contributed by atoms with Gasteiger partial charge in [0.05, 0.1) is 12.1 Å². The summed E-state index contributed by atoms with van der Waals surface area (Å²) in [4.78, 5) is 23.6. The molecule has 0 spiro atoms. The van der Waals surface area contributed by atoms with Gasteiger partial charge < -0.3 is 4.74 Å². The summed E-state index contributed by atoms with van der Waals surface area (Å²) in [5.74, 6) is -0.692. The molecule has 6 heteroatoms. The molecule has 1 amide bonds. The summed E-state index contributed by atoms with van der Waals surface area (Å²) in [5.41, 5.74) is 0.863. The van der Waals surface area contributed by atoms with Crippen LogP contribution in [0.3, 0.4) is 0 Å². The van der Waals surface area contributed by atoms with E-state index in [1.807, 2.05) is 0 Å². The summed E-state index contributed by atoms with van der Waals surface area (Å²) in [6.45, 7) is 5.16. The lowest BCUT2D eigenvalue weighted by molar-refractivity contribution is -0.158. The van der Waals surface area contributed by atoms with Crippen LogP contribution in [-0.4, -0.2) is 34.7 Å². The van der Waals surface area contributed by atoms with Gasteiger partial charge in [-0.15, -0.1) is 0 Å². The van der Waals surface area contributed by atoms with Crippen molar-refractivity contribution < 1.29 is 14.3 Å². The van der Waals surface area contributed by atoms with E-state index >= 15 is 0 Å². The van der Waals surface area contributed by atoms with E-state index in [1.165, 1.54) is 0 Å². The second-order valence-corrected chi connectivity index (χ2v) is 6.20. The van der Waals surface area contributed by atoms with E-state index in [0.29, 0.717) is 10.7 Å². The molecule has 0 aliphatic carbocycles. The van der Waals surface area contributed by atoms with Crippen molar-refractivity contribution in [3.8, 4) is 0 Å². The maximum Gasteiger partial charge on any atom is 0.328 e.